The normalized spacial score (nSPS) is 41.6. The molecule has 10 unspecified atom stereocenters. The Balaban J connectivity index is 0.712. The molecule has 18 atom stereocenters. The predicted molar refractivity (Wildman–Crippen MR) is 316 cm³/mol. The third-order valence-corrected chi connectivity index (χ3v) is 25.6. The lowest BCUT2D eigenvalue weighted by atomic mass is 9.47. The number of nitrogens with one attached hydrogen (secondary N) is 1. The fourth-order valence-corrected chi connectivity index (χ4v) is 21.8. The molecule has 0 aliphatic heterocycles. The van der Waals surface area contributed by atoms with Crippen molar-refractivity contribution in [2.75, 3.05) is 0 Å². The first-order valence-corrected chi connectivity index (χ1v) is 32.8. The fraction of sp³-hybridized carbons (Fsp3) is 0.789. The van der Waals surface area contributed by atoms with Gasteiger partial charge in [0.2, 0.25) is 5.88 Å². The Kier molecular flexibility index (Phi) is 15.8. The van der Waals surface area contributed by atoms with E-state index in [1.165, 1.54) is 119 Å². The summed E-state index contributed by atoms with van der Waals surface area (Å²) in [5.41, 5.74) is 7.81. The molecule has 0 saturated heterocycles. The van der Waals surface area contributed by atoms with Gasteiger partial charge >= 0.3 is 12.2 Å². The van der Waals surface area contributed by atoms with Crippen LogP contribution in [0.5, 0.6) is 5.88 Å². The lowest BCUT2D eigenvalue weighted by molar-refractivity contribution is -0.0597. The molecule has 10 aliphatic carbocycles. The van der Waals surface area contributed by atoms with Gasteiger partial charge in [0.25, 0.3) is 0 Å². The van der Waals surface area contributed by atoms with Gasteiger partial charge in [0, 0.05) is 36.8 Å². The molecule has 11 rings (SSSR count). The summed E-state index contributed by atoms with van der Waals surface area (Å²) in [5.74, 6) is 9.94. The van der Waals surface area contributed by atoms with Crippen LogP contribution in [0, 0.1) is 98.6 Å². The molecule has 430 valence electrons. The van der Waals surface area contributed by atoms with Crippen molar-refractivity contribution in [3.05, 3.63) is 70.0 Å². The maximum Gasteiger partial charge on any atom is 0.515 e. The van der Waals surface area contributed by atoms with Crippen LogP contribution >= 0.6 is 0 Å². The zero-order valence-corrected chi connectivity index (χ0v) is 51.1. The molecule has 6 saturated carbocycles. The van der Waals surface area contributed by atoms with Gasteiger partial charge in [-0.15, -0.1) is 0 Å². The van der Waals surface area contributed by atoms with E-state index in [1.807, 2.05) is 6.07 Å². The van der Waals surface area contributed by atoms with Crippen LogP contribution in [0.4, 0.5) is 9.59 Å². The summed E-state index contributed by atoms with van der Waals surface area (Å²) in [6.07, 6.45) is 36.9. The number of alkyl carbamates (subject to hydrolysis) is 1. The molecule has 1 aromatic rings. The van der Waals surface area contributed by atoms with Crippen molar-refractivity contribution in [1.29, 1.82) is 0 Å². The summed E-state index contributed by atoms with van der Waals surface area (Å²) < 4.78 is 18.7. The van der Waals surface area contributed by atoms with Gasteiger partial charge in [0.1, 0.15) is 12.2 Å². The van der Waals surface area contributed by atoms with Gasteiger partial charge in [0.05, 0.1) is 11.2 Å². The SMILES string of the molecule is C/C=C1\C2C=C(C)CC1(NC(=O)O[C@H]1CC[C@@]3(C)C(=CC[C@H]4C5CCC(C(C)CCCC(C)C)[C@@]5(C)CCC43)C1)c1ccc(OC(=O)O[C@H]3CC[C@@]4(C)C(=CC[C@H]5C6CCC(C(C)CCCC(C)C)[C@@]6(C)CCC54)C3)nc1C2. The van der Waals surface area contributed by atoms with E-state index in [2.05, 4.69) is 113 Å². The summed E-state index contributed by atoms with van der Waals surface area (Å²) in [6.45, 7) is 29.4. The van der Waals surface area contributed by atoms with Gasteiger partial charge in [-0.25, -0.2) is 14.6 Å². The molecule has 1 amide bonds. The highest BCUT2D eigenvalue weighted by atomic mass is 16.7. The number of hydrogen-bond donors (Lipinski definition) is 1. The molecule has 6 fully saturated rings. The summed E-state index contributed by atoms with van der Waals surface area (Å²) >= 11 is 0. The van der Waals surface area contributed by atoms with Crippen LogP contribution in [0.2, 0.25) is 0 Å². The summed E-state index contributed by atoms with van der Waals surface area (Å²) in [4.78, 5) is 33.2. The molecule has 1 aromatic heterocycles. The van der Waals surface area contributed by atoms with E-state index in [-0.39, 0.29) is 40.9 Å². The Labute approximate surface area is 473 Å². The van der Waals surface area contributed by atoms with Crippen LogP contribution in [0.3, 0.4) is 0 Å². The molecule has 1 N–H and O–H groups in total. The highest BCUT2D eigenvalue weighted by molar-refractivity contribution is 5.72. The number of fused-ring (bicyclic) bond motifs is 14. The zero-order valence-electron chi connectivity index (χ0n) is 51.1. The lowest BCUT2D eigenvalue weighted by Crippen LogP contribution is -2.54. The first kappa shape index (κ1) is 56.5. The first-order valence-electron chi connectivity index (χ1n) is 32.8. The molecule has 0 spiro atoms. The van der Waals surface area contributed by atoms with E-state index in [1.54, 1.807) is 11.6 Å². The minimum atomic E-state index is -0.793. The van der Waals surface area contributed by atoms with Crippen molar-refractivity contribution in [2.45, 2.75) is 255 Å². The van der Waals surface area contributed by atoms with Gasteiger partial charge in [-0.3, -0.25) is 0 Å². The van der Waals surface area contributed by atoms with Gasteiger partial charge in [-0.2, -0.15) is 0 Å². The molecule has 0 aromatic carbocycles. The Hall–Kier alpha value is -3.35. The third-order valence-electron chi connectivity index (χ3n) is 25.6. The van der Waals surface area contributed by atoms with Crippen molar-refractivity contribution in [2.24, 2.45) is 98.6 Å². The van der Waals surface area contributed by atoms with Crippen LogP contribution in [-0.2, 0) is 21.4 Å². The molecule has 2 bridgehead atoms. The zero-order chi connectivity index (χ0) is 55.1. The number of carbonyl (C=O) groups excluding carboxylic acids is 2. The molecule has 7 nitrogen and oxygen atoms in total. The second kappa shape index (κ2) is 21.8. The Morgan fingerprint density at radius 2 is 1.21 bits per heavy atom. The highest BCUT2D eigenvalue weighted by Gasteiger charge is 2.61. The van der Waals surface area contributed by atoms with Gasteiger partial charge < -0.3 is 19.5 Å². The van der Waals surface area contributed by atoms with E-state index >= 15 is 0 Å². The monoisotopic (exact) mass is 1070 g/mol. The minimum absolute atomic E-state index is 0.0682. The maximum atomic E-state index is 14.5. The molecule has 78 heavy (non-hydrogen) atoms. The van der Waals surface area contributed by atoms with E-state index < -0.39 is 11.7 Å². The maximum absolute atomic E-state index is 14.5. The molecular weight excluding hydrogens is 961 g/mol. The van der Waals surface area contributed by atoms with Crippen LogP contribution in [0.25, 0.3) is 0 Å². The van der Waals surface area contributed by atoms with Gasteiger partial charge in [0.15, 0.2) is 0 Å². The Bertz CT molecular complexity index is 2540. The lowest BCUT2D eigenvalue weighted by Gasteiger charge is -2.58. The highest BCUT2D eigenvalue weighted by Crippen LogP contribution is 2.69. The van der Waals surface area contributed by atoms with Crippen LogP contribution in [-0.4, -0.2) is 29.4 Å². The van der Waals surface area contributed by atoms with Gasteiger partial charge in [-0.05, 0) is 214 Å². The second-order valence-electron chi connectivity index (χ2n) is 30.6. The van der Waals surface area contributed by atoms with Crippen molar-refractivity contribution >= 4 is 12.2 Å². The second-order valence-corrected chi connectivity index (χ2v) is 30.6. The van der Waals surface area contributed by atoms with Crippen LogP contribution < -0.4 is 10.1 Å². The Morgan fingerprint density at radius 1 is 0.667 bits per heavy atom. The van der Waals surface area contributed by atoms with Crippen LogP contribution in [0.1, 0.15) is 242 Å². The quantitative estimate of drug-likeness (QED) is 0.148. The van der Waals surface area contributed by atoms with E-state index in [9.17, 15) is 9.59 Å². The van der Waals surface area contributed by atoms with Crippen molar-refractivity contribution in [3.8, 4) is 5.88 Å². The largest absolute Gasteiger partial charge is 0.515 e. The molecular formula is C71H106N2O5. The number of pyridine rings is 1. The number of amides is 1. The van der Waals surface area contributed by atoms with Gasteiger partial charge in [-0.1, -0.05) is 149 Å². The molecule has 10 aliphatic rings. The van der Waals surface area contributed by atoms with E-state index in [0.717, 1.165) is 121 Å². The molecule has 1 heterocycles. The number of hydrogen-bond acceptors (Lipinski definition) is 6. The Morgan fingerprint density at radius 3 is 1.73 bits per heavy atom. The first-order chi connectivity index (χ1) is 37.2. The molecule has 0 radical (unpaired) electrons. The minimum Gasteiger partial charge on any atom is -0.446 e. The molecule has 7 heteroatoms. The third kappa shape index (κ3) is 9.95. The number of rotatable bonds is 14. The average Bonchev–Trinajstić information content (AvgIpc) is 4.08. The number of nitrogens with zero attached hydrogens (tertiary/aromatic N) is 1. The number of allylic oxidation sites excluding steroid dienone is 4. The standard InChI is InChI=1S/C71H106N2O5/c1-13-55-48-38-45(6)42-71(55,73-65(74)76-51-30-34-67(9)49(40-51)20-22-53-58-26-24-56(46(7)18-14-16-43(2)3)69(58,11)36-32-60(53)67)62-28-29-64(72-63(62)39-48)78-66(75)77-52-31-35-68(10)50(41-52)21-23-54-59-27-25-57(47(8)19-15-17-44(4)5)70(59,12)37-33-61(54)68/h13,20-21,28-29,38,43-44,46-48,51-54,56-61H,14-19,22-27,30-37,39-42H2,1-12H3,(H,73,74)/b55-13+/t46?,47?,48?,51-,52-,53-,54-,56?,57?,58?,59?,60?,61?,67-,68-,69+,70+,71?/m0/s1. The van der Waals surface area contributed by atoms with E-state index in [4.69, 9.17) is 19.2 Å². The smallest absolute Gasteiger partial charge is 0.446 e. The number of carbonyl (C=O) groups is 2. The van der Waals surface area contributed by atoms with E-state index in [0.29, 0.717) is 23.7 Å². The fourth-order valence-electron chi connectivity index (χ4n) is 21.8. The summed E-state index contributed by atoms with van der Waals surface area (Å²) in [6, 6.07) is 3.83. The summed E-state index contributed by atoms with van der Waals surface area (Å²) in [7, 11) is 0. The van der Waals surface area contributed by atoms with Crippen molar-refractivity contribution < 1.29 is 23.8 Å². The van der Waals surface area contributed by atoms with Crippen molar-refractivity contribution in [3.63, 3.8) is 0 Å². The number of ether oxygens (including phenoxy) is 3. The predicted octanol–water partition coefficient (Wildman–Crippen LogP) is 18.8. The topological polar surface area (TPSA) is 86.8 Å². The average molecular weight is 1070 g/mol. The summed E-state index contributed by atoms with van der Waals surface area (Å²) in [5, 5.41) is 3.50. The number of aromatic nitrogens is 1. The van der Waals surface area contributed by atoms with Crippen molar-refractivity contribution in [1.82, 2.24) is 10.3 Å². The van der Waals surface area contributed by atoms with Crippen LogP contribution in [0.15, 0.2) is 58.7 Å².